The van der Waals surface area contributed by atoms with Gasteiger partial charge in [0.2, 0.25) is 5.95 Å². The number of aromatic nitrogens is 2. The number of hydrogen-bond donors (Lipinski definition) is 2. The van der Waals surface area contributed by atoms with E-state index in [0.717, 1.165) is 25.8 Å². The number of aliphatic hydroxyl groups is 1. The molecule has 7 heteroatoms. The highest BCUT2D eigenvalue weighted by Crippen LogP contribution is 2.41. The van der Waals surface area contributed by atoms with Gasteiger partial charge in [-0.2, -0.15) is 0 Å². The Morgan fingerprint density at radius 3 is 2.96 bits per heavy atom. The number of nitrogens with two attached hydrogens (primary N) is 1. The fourth-order valence-electron chi connectivity index (χ4n) is 4.07. The number of likely N-dealkylation sites (N-methyl/N-ethyl adjacent to an activating group) is 1. The minimum atomic E-state index is -0.0730. The number of hydrogen-bond acceptors (Lipinski definition) is 6. The molecule has 2 aliphatic rings. The number of piperidine rings is 2. The van der Waals surface area contributed by atoms with Crippen molar-refractivity contribution in [2.24, 2.45) is 5.41 Å². The second-order valence-corrected chi connectivity index (χ2v) is 6.85. The van der Waals surface area contributed by atoms with Crippen LogP contribution in [0.2, 0.25) is 0 Å². The molecule has 126 valence electrons. The maximum absolute atomic E-state index is 12.8. The molecular formula is C16H25N5O2. The Hall–Kier alpha value is -1.73. The van der Waals surface area contributed by atoms with Crippen LogP contribution >= 0.6 is 0 Å². The minimum absolute atomic E-state index is 0.0481. The maximum Gasteiger partial charge on any atom is 0.257 e. The highest BCUT2D eigenvalue weighted by Gasteiger charge is 2.47. The molecule has 1 amide bonds. The minimum Gasteiger partial charge on any atom is -0.396 e. The molecule has 0 bridgehead atoms. The molecule has 0 spiro atoms. The zero-order valence-corrected chi connectivity index (χ0v) is 13.8. The summed E-state index contributed by atoms with van der Waals surface area (Å²) in [6.45, 7) is 4.28. The third-order valence-corrected chi connectivity index (χ3v) is 5.53. The van der Waals surface area contributed by atoms with E-state index in [0.29, 0.717) is 24.3 Å². The zero-order valence-electron chi connectivity index (χ0n) is 13.8. The molecule has 3 N–H and O–H groups in total. The molecule has 2 fully saturated rings. The van der Waals surface area contributed by atoms with Gasteiger partial charge >= 0.3 is 0 Å². The number of aryl methyl sites for hydroxylation is 1. The van der Waals surface area contributed by atoms with E-state index in [4.69, 9.17) is 5.73 Å². The number of nitrogen functional groups attached to an aromatic ring is 1. The number of fused-ring (bicyclic) bond motifs is 1. The Kier molecular flexibility index (Phi) is 4.25. The third kappa shape index (κ3) is 2.79. The van der Waals surface area contributed by atoms with Crippen LogP contribution in [0.1, 0.15) is 35.3 Å². The monoisotopic (exact) mass is 319 g/mol. The van der Waals surface area contributed by atoms with Gasteiger partial charge in [0.1, 0.15) is 0 Å². The Morgan fingerprint density at radius 1 is 1.48 bits per heavy atom. The first-order chi connectivity index (χ1) is 11.0. The van der Waals surface area contributed by atoms with Gasteiger partial charge < -0.3 is 20.6 Å². The van der Waals surface area contributed by atoms with Gasteiger partial charge in [0.15, 0.2) is 0 Å². The highest BCUT2D eigenvalue weighted by atomic mass is 16.3. The number of carbonyl (C=O) groups excluding carboxylic acids is 1. The topological polar surface area (TPSA) is 95.6 Å². The molecule has 2 aliphatic heterocycles. The van der Waals surface area contributed by atoms with Gasteiger partial charge in [-0.1, -0.05) is 0 Å². The van der Waals surface area contributed by atoms with Crippen LogP contribution in [0.4, 0.5) is 5.95 Å². The predicted molar refractivity (Wildman–Crippen MR) is 86.9 cm³/mol. The quantitative estimate of drug-likeness (QED) is 0.813. The molecule has 0 unspecified atom stereocenters. The number of amides is 1. The van der Waals surface area contributed by atoms with Crippen molar-refractivity contribution in [1.29, 1.82) is 0 Å². The molecule has 3 heterocycles. The summed E-state index contributed by atoms with van der Waals surface area (Å²) < 4.78 is 0. The lowest BCUT2D eigenvalue weighted by Gasteiger charge is -2.53. The zero-order chi connectivity index (χ0) is 16.6. The van der Waals surface area contributed by atoms with Crippen molar-refractivity contribution in [1.82, 2.24) is 19.8 Å². The van der Waals surface area contributed by atoms with Gasteiger partial charge in [0.25, 0.3) is 5.91 Å². The highest BCUT2D eigenvalue weighted by molar-refractivity contribution is 5.95. The Balaban J connectivity index is 1.81. The number of aliphatic hydroxyl groups excluding tert-OH is 1. The van der Waals surface area contributed by atoms with Gasteiger partial charge in [-0.15, -0.1) is 0 Å². The van der Waals surface area contributed by atoms with Gasteiger partial charge in [-0.25, -0.2) is 9.97 Å². The van der Waals surface area contributed by atoms with Gasteiger partial charge in [0.05, 0.1) is 17.9 Å². The van der Waals surface area contributed by atoms with E-state index in [9.17, 15) is 9.90 Å². The molecule has 1 aromatic rings. The van der Waals surface area contributed by atoms with Crippen molar-refractivity contribution in [3.63, 3.8) is 0 Å². The molecule has 1 aromatic heterocycles. The lowest BCUT2D eigenvalue weighted by molar-refractivity contribution is -0.0601. The van der Waals surface area contributed by atoms with Crippen LogP contribution in [0.15, 0.2) is 6.20 Å². The second kappa shape index (κ2) is 6.05. The second-order valence-electron chi connectivity index (χ2n) is 6.85. The molecule has 3 rings (SSSR count). The molecule has 2 atom stereocenters. The smallest absolute Gasteiger partial charge is 0.257 e. The average Bonchev–Trinajstić information content (AvgIpc) is 2.54. The summed E-state index contributed by atoms with van der Waals surface area (Å²) in [5, 5.41) is 9.95. The van der Waals surface area contributed by atoms with Crippen LogP contribution in [0.5, 0.6) is 0 Å². The predicted octanol–water partition coefficient (Wildman–Crippen LogP) is 0.286. The summed E-state index contributed by atoms with van der Waals surface area (Å²) in [6, 6.07) is 0.203. The van der Waals surface area contributed by atoms with Crippen molar-refractivity contribution in [3.8, 4) is 0 Å². The van der Waals surface area contributed by atoms with Gasteiger partial charge in [-0.3, -0.25) is 4.79 Å². The molecule has 23 heavy (non-hydrogen) atoms. The number of carbonyl (C=O) groups is 1. The van der Waals surface area contributed by atoms with E-state index in [1.807, 2.05) is 4.90 Å². The summed E-state index contributed by atoms with van der Waals surface area (Å²) in [6.07, 6.45) is 4.48. The first kappa shape index (κ1) is 16.1. The largest absolute Gasteiger partial charge is 0.396 e. The average molecular weight is 319 g/mol. The number of nitrogens with zero attached hydrogens (tertiary/aromatic N) is 4. The van der Waals surface area contributed by atoms with Crippen LogP contribution in [0.3, 0.4) is 0 Å². The van der Waals surface area contributed by atoms with Crippen molar-refractivity contribution in [2.45, 2.75) is 32.2 Å². The normalized spacial score (nSPS) is 28.5. The standard InChI is InChI=1S/C16H25N5O2/c1-11-12(8-18-15(17)19-11)14(23)21-7-5-16(10-22)4-3-6-20(2)13(16)9-21/h8,13,22H,3-7,9-10H2,1-2H3,(H2,17,18,19)/t13-,16-/m1/s1. The molecule has 0 aromatic carbocycles. The molecular weight excluding hydrogens is 294 g/mol. The van der Waals surface area contributed by atoms with Crippen LogP contribution in [0.25, 0.3) is 0 Å². The fraction of sp³-hybridized carbons (Fsp3) is 0.688. The summed E-state index contributed by atoms with van der Waals surface area (Å²) in [4.78, 5) is 25.0. The van der Waals surface area contributed by atoms with E-state index in [-0.39, 0.29) is 29.9 Å². The van der Waals surface area contributed by atoms with Crippen molar-refractivity contribution >= 4 is 11.9 Å². The van der Waals surface area contributed by atoms with Crippen LogP contribution < -0.4 is 5.73 Å². The number of rotatable bonds is 2. The first-order valence-corrected chi connectivity index (χ1v) is 8.16. The van der Waals surface area contributed by atoms with Gasteiger partial charge in [0, 0.05) is 30.7 Å². The Morgan fingerprint density at radius 2 is 2.26 bits per heavy atom. The van der Waals surface area contributed by atoms with Gasteiger partial charge in [-0.05, 0) is 39.8 Å². The lowest BCUT2D eigenvalue weighted by atomic mass is 9.69. The van der Waals surface area contributed by atoms with E-state index in [1.54, 1.807) is 6.92 Å². The summed E-state index contributed by atoms with van der Waals surface area (Å²) in [5.41, 5.74) is 6.61. The van der Waals surface area contributed by atoms with E-state index >= 15 is 0 Å². The molecule has 7 nitrogen and oxygen atoms in total. The third-order valence-electron chi connectivity index (χ3n) is 5.53. The fourth-order valence-corrected chi connectivity index (χ4v) is 4.07. The van der Waals surface area contributed by atoms with Crippen molar-refractivity contribution in [3.05, 3.63) is 17.5 Å². The molecule has 0 saturated carbocycles. The Labute approximate surface area is 136 Å². The van der Waals surface area contributed by atoms with Crippen LogP contribution in [-0.4, -0.2) is 70.1 Å². The number of likely N-dealkylation sites (tertiary alicyclic amines) is 2. The van der Waals surface area contributed by atoms with Crippen LogP contribution in [0, 0.1) is 12.3 Å². The lowest BCUT2D eigenvalue weighted by Crippen LogP contribution is -2.62. The maximum atomic E-state index is 12.8. The summed E-state index contributed by atoms with van der Waals surface area (Å²) in [7, 11) is 2.08. The molecule has 0 radical (unpaired) electrons. The summed E-state index contributed by atoms with van der Waals surface area (Å²) >= 11 is 0. The SMILES string of the molecule is Cc1nc(N)ncc1C(=O)N1CC[C@@]2(CO)CCCN(C)[C@@H]2C1. The first-order valence-electron chi connectivity index (χ1n) is 8.16. The van der Waals surface area contributed by atoms with Crippen LogP contribution in [-0.2, 0) is 0 Å². The van der Waals surface area contributed by atoms with E-state index < -0.39 is 0 Å². The van der Waals surface area contributed by atoms with Crippen molar-refractivity contribution < 1.29 is 9.90 Å². The molecule has 0 aliphatic carbocycles. The Bertz CT molecular complexity index is 608. The van der Waals surface area contributed by atoms with E-state index in [2.05, 4.69) is 21.9 Å². The summed E-state index contributed by atoms with van der Waals surface area (Å²) in [5.74, 6) is 0.136. The number of anilines is 1. The molecule has 2 saturated heterocycles. The van der Waals surface area contributed by atoms with Crippen molar-refractivity contribution in [2.75, 3.05) is 39.0 Å². The van der Waals surface area contributed by atoms with E-state index in [1.165, 1.54) is 6.20 Å².